The number of nitrogens with zero attached hydrogens (tertiary/aromatic N) is 1. The summed E-state index contributed by atoms with van der Waals surface area (Å²) in [5.74, 6) is 1.34. The van der Waals surface area contributed by atoms with Crippen LogP contribution in [-0.4, -0.2) is 10.3 Å². The molecule has 0 amide bonds. The lowest BCUT2D eigenvalue weighted by atomic mass is 9.49. The molecule has 4 bridgehead atoms. The largest absolute Gasteiger partial charge is 0.460 e. The summed E-state index contributed by atoms with van der Waals surface area (Å²) in [4.78, 5) is 12.8. The second-order valence-corrected chi connectivity index (χ2v) is 9.46. The lowest BCUT2D eigenvalue weighted by molar-refractivity contribution is -0.170. The number of hydrogen-bond acceptors (Lipinski definition) is 3. The van der Waals surface area contributed by atoms with Crippen LogP contribution in [0.1, 0.15) is 49.7 Å². The van der Waals surface area contributed by atoms with Crippen molar-refractivity contribution < 1.29 is 9.53 Å². The molecule has 0 spiro atoms. The van der Waals surface area contributed by atoms with Gasteiger partial charge in [-0.2, -0.15) is 5.26 Å². The standard InChI is InChI=1S/C19H20BrNO2/c20-19-8-15-5-16(9-19)7-18(6-15,12-19)17(22)23-11-14-3-1-13(10-21)2-4-14/h1-4,15-16H,5-9,11-12H2/t15-,16+,18?,19?. The Morgan fingerprint density at radius 1 is 1.22 bits per heavy atom. The summed E-state index contributed by atoms with van der Waals surface area (Å²) in [6.07, 6.45) is 6.66. The van der Waals surface area contributed by atoms with Gasteiger partial charge in [-0.1, -0.05) is 28.1 Å². The van der Waals surface area contributed by atoms with E-state index in [1.165, 1.54) is 19.3 Å². The fraction of sp³-hybridized carbons (Fsp3) is 0.579. The van der Waals surface area contributed by atoms with Crippen LogP contribution >= 0.6 is 15.9 Å². The number of nitriles is 1. The third-order valence-corrected chi connectivity index (χ3v) is 6.80. The highest BCUT2D eigenvalue weighted by molar-refractivity contribution is 9.10. The molecule has 0 aromatic heterocycles. The average molecular weight is 374 g/mol. The van der Waals surface area contributed by atoms with E-state index in [0.717, 1.165) is 24.8 Å². The number of rotatable bonds is 3. The third-order valence-electron chi connectivity index (χ3n) is 5.88. The fourth-order valence-electron chi connectivity index (χ4n) is 5.37. The molecule has 4 saturated carbocycles. The van der Waals surface area contributed by atoms with Crippen LogP contribution in [0.3, 0.4) is 0 Å². The van der Waals surface area contributed by atoms with Crippen molar-refractivity contribution in [2.45, 2.75) is 49.5 Å². The van der Waals surface area contributed by atoms with Crippen molar-refractivity contribution in [3.63, 3.8) is 0 Å². The monoisotopic (exact) mass is 373 g/mol. The summed E-state index contributed by atoms with van der Waals surface area (Å²) in [6.45, 7) is 0.302. The number of carbonyl (C=O) groups is 1. The van der Waals surface area contributed by atoms with Gasteiger partial charge in [0, 0.05) is 4.32 Å². The van der Waals surface area contributed by atoms with Crippen molar-refractivity contribution in [1.29, 1.82) is 5.26 Å². The third kappa shape index (κ3) is 2.70. The van der Waals surface area contributed by atoms with Crippen LogP contribution in [0.15, 0.2) is 24.3 Å². The Morgan fingerprint density at radius 2 is 1.87 bits per heavy atom. The first-order valence-corrected chi connectivity index (χ1v) is 9.15. The van der Waals surface area contributed by atoms with Gasteiger partial charge in [-0.15, -0.1) is 0 Å². The van der Waals surface area contributed by atoms with Gasteiger partial charge in [0.1, 0.15) is 6.61 Å². The first-order chi connectivity index (χ1) is 11.0. The van der Waals surface area contributed by atoms with E-state index in [1.54, 1.807) is 12.1 Å². The highest BCUT2D eigenvalue weighted by atomic mass is 79.9. The van der Waals surface area contributed by atoms with Crippen LogP contribution in [0.25, 0.3) is 0 Å². The van der Waals surface area contributed by atoms with Crippen LogP contribution in [-0.2, 0) is 16.1 Å². The lowest BCUT2D eigenvalue weighted by Crippen LogP contribution is -2.56. The number of esters is 1. The number of halogens is 1. The normalized spacial score (nSPS) is 37.4. The maximum atomic E-state index is 12.8. The average Bonchev–Trinajstić information content (AvgIpc) is 2.50. The van der Waals surface area contributed by atoms with Gasteiger partial charge >= 0.3 is 5.97 Å². The molecule has 0 aliphatic heterocycles. The lowest BCUT2D eigenvalue weighted by Gasteiger charge is -2.58. The topological polar surface area (TPSA) is 50.1 Å². The number of alkyl halides is 1. The van der Waals surface area contributed by atoms with Crippen LogP contribution in [0.5, 0.6) is 0 Å². The quantitative estimate of drug-likeness (QED) is 0.584. The van der Waals surface area contributed by atoms with Gasteiger partial charge in [-0.25, -0.2) is 0 Å². The Bertz CT molecular complexity index is 662. The molecule has 4 fully saturated rings. The van der Waals surface area contributed by atoms with E-state index in [9.17, 15) is 4.79 Å². The van der Waals surface area contributed by atoms with Gasteiger partial charge in [-0.05, 0) is 68.1 Å². The van der Waals surface area contributed by atoms with E-state index in [2.05, 4.69) is 22.0 Å². The Hall–Kier alpha value is -1.34. The zero-order valence-electron chi connectivity index (χ0n) is 13.1. The number of carbonyl (C=O) groups excluding carboxylic acids is 1. The summed E-state index contributed by atoms with van der Waals surface area (Å²) < 4.78 is 5.86. The minimum Gasteiger partial charge on any atom is -0.460 e. The molecular weight excluding hydrogens is 354 g/mol. The molecule has 1 aromatic carbocycles. The van der Waals surface area contributed by atoms with E-state index >= 15 is 0 Å². The van der Waals surface area contributed by atoms with Crippen LogP contribution < -0.4 is 0 Å². The van der Waals surface area contributed by atoms with Gasteiger partial charge in [-0.3, -0.25) is 4.79 Å². The Kier molecular flexibility index (Phi) is 3.53. The van der Waals surface area contributed by atoms with Gasteiger partial charge in [0.05, 0.1) is 17.0 Å². The molecule has 120 valence electrons. The Labute approximate surface area is 145 Å². The van der Waals surface area contributed by atoms with Gasteiger partial charge in [0.15, 0.2) is 0 Å². The van der Waals surface area contributed by atoms with Crippen molar-refractivity contribution in [3.05, 3.63) is 35.4 Å². The molecule has 2 unspecified atom stereocenters. The van der Waals surface area contributed by atoms with Crippen molar-refractivity contribution in [1.82, 2.24) is 0 Å². The number of benzene rings is 1. The molecule has 23 heavy (non-hydrogen) atoms. The molecule has 4 atom stereocenters. The molecule has 5 rings (SSSR count). The Morgan fingerprint density at radius 3 is 2.43 bits per heavy atom. The second-order valence-electron chi connectivity index (χ2n) is 7.78. The SMILES string of the molecule is N#Cc1ccc(COC(=O)C23C[C@@H]4C[C@@H](CC(Br)(C4)C2)C3)cc1. The van der Waals surface area contributed by atoms with Crippen molar-refractivity contribution in [2.75, 3.05) is 0 Å². The predicted molar refractivity (Wildman–Crippen MR) is 89.7 cm³/mol. The van der Waals surface area contributed by atoms with E-state index in [4.69, 9.17) is 10.00 Å². The second kappa shape index (κ2) is 5.34. The summed E-state index contributed by atoms with van der Waals surface area (Å²) in [5, 5.41) is 8.83. The van der Waals surface area contributed by atoms with Crippen molar-refractivity contribution >= 4 is 21.9 Å². The van der Waals surface area contributed by atoms with E-state index < -0.39 is 0 Å². The van der Waals surface area contributed by atoms with Gasteiger partial charge in [0.25, 0.3) is 0 Å². The molecule has 0 saturated heterocycles. The zero-order valence-corrected chi connectivity index (χ0v) is 14.6. The number of ether oxygens (including phenoxy) is 1. The van der Waals surface area contributed by atoms with Crippen LogP contribution in [0, 0.1) is 28.6 Å². The van der Waals surface area contributed by atoms with Crippen LogP contribution in [0.2, 0.25) is 0 Å². The van der Waals surface area contributed by atoms with E-state index in [1.807, 2.05) is 12.1 Å². The molecule has 0 heterocycles. The first-order valence-electron chi connectivity index (χ1n) is 8.36. The number of hydrogen-bond donors (Lipinski definition) is 0. The Balaban J connectivity index is 1.45. The van der Waals surface area contributed by atoms with Crippen LogP contribution in [0.4, 0.5) is 0 Å². The summed E-state index contributed by atoms with van der Waals surface area (Å²) in [5.41, 5.74) is 1.30. The molecule has 3 nitrogen and oxygen atoms in total. The van der Waals surface area contributed by atoms with Gasteiger partial charge in [0.2, 0.25) is 0 Å². The molecule has 4 heteroatoms. The molecule has 4 aliphatic rings. The van der Waals surface area contributed by atoms with Crippen molar-refractivity contribution in [3.8, 4) is 6.07 Å². The van der Waals surface area contributed by atoms with E-state index in [0.29, 0.717) is 24.0 Å². The predicted octanol–water partition coefficient (Wildman–Crippen LogP) is 4.34. The highest BCUT2D eigenvalue weighted by Gasteiger charge is 2.60. The minimum absolute atomic E-state index is 0.0141. The smallest absolute Gasteiger partial charge is 0.312 e. The molecule has 1 aromatic rings. The summed E-state index contributed by atoms with van der Waals surface area (Å²) in [7, 11) is 0. The van der Waals surface area contributed by atoms with E-state index in [-0.39, 0.29) is 15.7 Å². The first kappa shape index (κ1) is 15.2. The maximum Gasteiger partial charge on any atom is 0.312 e. The molecule has 0 N–H and O–H groups in total. The highest BCUT2D eigenvalue weighted by Crippen LogP contribution is 2.64. The zero-order chi connectivity index (χ0) is 16.1. The molecule has 0 radical (unpaired) electrons. The maximum absolute atomic E-state index is 12.8. The fourth-order valence-corrected chi connectivity index (χ4v) is 6.82. The minimum atomic E-state index is -0.264. The summed E-state index contributed by atoms with van der Waals surface area (Å²) in [6, 6.07) is 9.35. The molecule has 4 aliphatic carbocycles. The summed E-state index contributed by atoms with van der Waals surface area (Å²) >= 11 is 3.93. The molecular formula is C19H20BrNO2. The van der Waals surface area contributed by atoms with Crippen molar-refractivity contribution in [2.24, 2.45) is 17.3 Å². The van der Waals surface area contributed by atoms with Gasteiger partial charge < -0.3 is 4.74 Å².